The summed E-state index contributed by atoms with van der Waals surface area (Å²) in [5.41, 5.74) is 7.93. The minimum atomic E-state index is -0.540. The standard InChI is InChI=1S/C26H21N9O2/c1-15(31-22-16(13-27)14-30-25(28)34-22)23-32-20-10-6-9-18(19-11-12-29-26(33-19)37-2)21(20)24(36)35(23)17-7-4-3-5-8-17/h3-12,14-15H,1-2H3,(H3,28,30,31,34)/t15-/m1/s1. The quantitative estimate of drug-likeness (QED) is 0.361. The van der Waals surface area contributed by atoms with Crippen LogP contribution in [0.15, 0.2) is 71.8 Å². The lowest BCUT2D eigenvalue weighted by Gasteiger charge is -2.21. The van der Waals surface area contributed by atoms with E-state index in [4.69, 9.17) is 15.5 Å². The Labute approximate surface area is 211 Å². The number of fused-ring (bicyclic) bond motifs is 1. The number of nitrogens with zero attached hydrogens (tertiary/aromatic N) is 7. The van der Waals surface area contributed by atoms with Crippen LogP contribution in [0.4, 0.5) is 11.8 Å². The van der Waals surface area contributed by atoms with Gasteiger partial charge in [-0.1, -0.05) is 30.3 Å². The molecule has 11 heteroatoms. The number of para-hydroxylation sites is 1. The highest BCUT2D eigenvalue weighted by atomic mass is 16.5. The number of nitrogens with one attached hydrogen (secondary N) is 1. The number of methoxy groups -OCH3 is 1. The lowest BCUT2D eigenvalue weighted by atomic mass is 10.1. The first-order valence-corrected chi connectivity index (χ1v) is 11.3. The molecular formula is C26H21N9O2. The number of nitrogen functional groups attached to an aromatic ring is 1. The van der Waals surface area contributed by atoms with Crippen LogP contribution in [0, 0.1) is 11.3 Å². The van der Waals surface area contributed by atoms with E-state index in [0.717, 1.165) is 0 Å². The number of aromatic nitrogens is 6. The van der Waals surface area contributed by atoms with Crippen molar-refractivity contribution in [3.05, 3.63) is 88.7 Å². The van der Waals surface area contributed by atoms with Crippen LogP contribution in [-0.2, 0) is 0 Å². The Morgan fingerprint density at radius 2 is 1.86 bits per heavy atom. The molecule has 2 aromatic carbocycles. The first kappa shape index (κ1) is 23.4. The topological polar surface area (TPSA) is 158 Å². The van der Waals surface area contributed by atoms with Crippen molar-refractivity contribution in [1.29, 1.82) is 5.26 Å². The van der Waals surface area contributed by atoms with Gasteiger partial charge in [0.25, 0.3) is 5.56 Å². The SMILES string of the molecule is COc1nccc(-c2cccc3nc([C@@H](C)Nc4nc(N)ncc4C#N)n(-c4ccccc4)c(=O)c23)n1. The van der Waals surface area contributed by atoms with Crippen LogP contribution in [0.1, 0.15) is 24.4 Å². The van der Waals surface area contributed by atoms with Crippen LogP contribution < -0.4 is 21.3 Å². The molecule has 182 valence electrons. The Balaban J connectivity index is 1.74. The maximum absolute atomic E-state index is 14.2. The minimum Gasteiger partial charge on any atom is -0.467 e. The molecule has 1 atom stereocenters. The molecular weight excluding hydrogens is 470 g/mol. The number of ether oxygens (including phenoxy) is 1. The number of benzene rings is 2. The Morgan fingerprint density at radius 1 is 1.05 bits per heavy atom. The van der Waals surface area contributed by atoms with E-state index in [9.17, 15) is 10.1 Å². The Hall–Kier alpha value is -5.37. The zero-order chi connectivity index (χ0) is 25.9. The second-order valence-corrected chi connectivity index (χ2v) is 8.04. The largest absolute Gasteiger partial charge is 0.467 e. The third kappa shape index (κ3) is 4.39. The van der Waals surface area contributed by atoms with E-state index in [2.05, 4.69) is 25.3 Å². The molecule has 0 saturated carbocycles. The van der Waals surface area contributed by atoms with Gasteiger partial charge in [-0.2, -0.15) is 15.2 Å². The molecule has 0 unspecified atom stereocenters. The monoisotopic (exact) mass is 491 g/mol. The van der Waals surface area contributed by atoms with E-state index in [-0.39, 0.29) is 28.9 Å². The first-order valence-electron chi connectivity index (χ1n) is 11.3. The maximum atomic E-state index is 14.2. The van der Waals surface area contributed by atoms with Crippen molar-refractivity contribution in [3.63, 3.8) is 0 Å². The zero-order valence-corrected chi connectivity index (χ0v) is 20.0. The Kier molecular flexibility index (Phi) is 6.13. The summed E-state index contributed by atoms with van der Waals surface area (Å²) in [4.78, 5) is 35.6. The van der Waals surface area contributed by atoms with Crippen LogP contribution >= 0.6 is 0 Å². The molecule has 0 amide bonds. The molecule has 11 nitrogen and oxygen atoms in total. The van der Waals surface area contributed by atoms with Gasteiger partial charge in [-0.25, -0.2) is 15.0 Å². The molecule has 3 heterocycles. The van der Waals surface area contributed by atoms with Crippen LogP contribution in [-0.4, -0.2) is 36.6 Å². The molecule has 0 aliphatic heterocycles. The fraction of sp³-hybridized carbons (Fsp3) is 0.115. The number of anilines is 2. The van der Waals surface area contributed by atoms with Crippen molar-refractivity contribution in [1.82, 2.24) is 29.5 Å². The third-order valence-electron chi connectivity index (χ3n) is 5.70. The highest BCUT2D eigenvalue weighted by molar-refractivity contribution is 5.93. The van der Waals surface area contributed by atoms with E-state index in [1.807, 2.05) is 55.5 Å². The smallest absolute Gasteiger partial charge is 0.316 e. The lowest BCUT2D eigenvalue weighted by molar-refractivity contribution is 0.380. The minimum absolute atomic E-state index is 0.0190. The number of nitriles is 1. The zero-order valence-electron chi connectivity index (χ0n) is 20.0. The summed E-state index contributed by atoms with van der Waals surface area (Å²) in [6.45, 7) is 1.83. The van der Waals surface area contributed by atoms with Crippen molar-refractivity contribution < 1.29 is 4.74 Å². The fourth-order valence-corrected chi connectivity index (χ4v) is 4.02. The molecule has 3 aromatic heterocycles. The van der Waals surface area contributed by atoms with E-state index < -0.39 is 6.04 Å². The van der Waals surface area contributed by atoms with Gasteiger partial charge in [-0.3, -0.25) is 9.36 Å². The van der Waals surface area contributed by atoms with Gasteiger partial charge in [-0.05, 0) is 31.2 Å². The lowest BCUT2D eigenvalue weighted by Crippen LogP contribution is -2.28. The van der Waals surface area contributed by atoms with Crippen LogP contribution in [0.25, 0.3) is 27.8 Å². The molecule has 0 spiro atoms. The van der Waals surface area contributed by atoms with Crippen LogP contribution in [0.5, 0.6) is 6.01 Å². The van der Waals surface area contributed by atoms with Crippen molar-refractivity contribution in [2.75, 3.05) is 18.2 Å². The van der Waals surface area contributed by atoms with Gasteiger partial charge in [0.15, 0.2) is 0 Å². The fourth-order valence-electron chi connectivity index (χ4n) is 4.02. The van der Waals surface area contributed by atoms with Gasteiger partial charge >= 0.3 is 6.01 Å². The van der Waals surface area contributed by atoms with Gasteiger partial charge in [0.05, 0.1) is 41.6 Å². The van der Waals surface area contributed by atoms with Crippen molar-refractivity contribution in [2.24, 2.45) is 0 Å². The van der Waals surface area contributed by atoms with E-state index >= 15 is 0 Å². The number of hydrogen-bond donors (Lipinski definition) is 2. The third-order valence-corrected chi connectivity index (χ3v) is 5.70. The summed E-state index contributed by atoms with van der Waals surface area (Å²) >= 11 is 0. The summed E-state index contributed by atoms with van der Waals surface area (Å²) < 4.78 is 6.71. The first-order chi connectivity index (χ1) is 18.0. The Morgan fingerprint density at radius 3 is 2.62 bits per heavy atom. The van der Waals surface area contributed by atoms with Gasteiger partial charge in [0.2, 0.25) is 5.95 Å². The van der Waals surface area contributed by atoms with E-state index in [1.165, 1.54) is 13.3 Å². The van der Waals surface area contributed by atoms with E-state index in [1.54, 1.807) is 22.9 Å². The second kappa shape index (κ2) is 9.71. The van der Waals surface area contributed by atoms with Gasteiger partial charge < -0.3 is 15.8 Å². The molecule has 0 saturated heterocycles. The van der Waals surface area contributed by atoms with Crippen LogP contribution in [0.2, 0.25) is 0 Å². The molecule has 0 aliphatic carbocycles. The summed E-state index contributed by atoms with van der Waals surface area (Å²) in [7, 11) is 1.48. The maximum Gasteiger partial charge on any atom is 0.316 e. The van der Waals surface area contributed by atoms with Crippen molar-refractivity contribution in [2.45, 2.75) is 13.0 Å². The highest BCUT2D eigenvalue weighted by Crippen LogP contribution is 2.28. The van der Waals surface area contributed by atoms with Gasteiger partial charge in [-0.15, -0.1) is 0 Å². The average Bonchev–Trinajstić information content (AvgIpc) is 2.93. The Bertz CT molecular complexity index is 1710. The number of rotatable bonds is 6. The molecule has 0 radical (unpaired) electrons. The predicted octanol–water partition coefficient (Wildman–Crippen LogP) is 3.27. The number of nitrogens with two attached hydrogens (primary N) is 1. The highest BCUT2D eigenvalue weighted by Gasteiger charge is 2.22. The molecule has 3 N–H and O–H groups in total. The van der Waals surface area contributed by atoms with Crippen molar-refractivity contribution >= 4 is 22.7 Å². The molecule has 0 fully saturated rings. The average molecular weight is 492 g/mol. The molecule has 5 aromatic rings. The molecule has 5 rings (SSSR count). The molecule has 37 heavy (non-hydrogen) atoms. The predicted molar refractivity (Wildman–Crippen MR) is 138 cm³/mol. The summed E-state index contributed by atoms with van der Waals surface area (Å²) in [6, 6.07) is 18.0. The van der Waals surface area contributed by atoms with Gasteiger partial charge in [0, 0.05) is 11.8 Å². The van der Waals surface area contributed by atoms with Gasteiger partial charge in [0.1, 0.15) is 23.3 Å². The van der Waals surface area contributed by atoms with E-state index in [0.29, 0.717) is 33.7 Å². The summed E-state index contributed by atoms with van der Waals surface area (Å²) in [5, 5.41) is 13.1. The van der Waals surface area contributed by atoms with Crippen LogP contribution in [0.3, 0.4) is 0 Å². The summed E-state index contributed by atoms with van der Waals surface area (Å²) in [6.07, 6.45) is 2.92. The molecule has 0 aliphatic rings. The number of hydrogen-bond acceptors (Lipinski definition) is 10. The second-order valence-electron chi connectivity index (χ2n) is 8.04. The normalized spacial score (nSPS) is 11.6. The van der Waals surface area contributed by atoms with Crippen molar-refractivity contribution in [3.8, 4) is 29.0 Å². The summed E-state index contributed by atoms with van der Waals surface area (Å²) in [5.74, 6) is 0.686. The molecule has 0 bridgehead atoms.